The van der Waals surface area contributed by atoms with Crippen LogP contribution in [0, 0.1) is 6.92 Å². The zero-order valence-electron chi connectivity index (χ0n) is 14.4. The lowest BCUT2D eigenvalue weighted by Gasteiger charge is -2.26. The van der Waals surface area contributed by atoms with Crippen molar-refractivity contribution in [1.82, 2.24) is 10.2 Å². The lowest BCUT2D eigenvalue weighted by atomic mass is 10.2. The SMILES string of the molecule is Cc1ccc(OC[C@H](C)NC(=O)N(C)[C@@H](C)CS(C)(=O)=O)cc1. The van der Waals surface area contributed by atoms with Crippen LogP contribution in [0.15, 0.2) is 24.3 Å². The minimum Gasteiger partial charge on any atom is -0.491 e. The Kier molecular flexibility index (Phi) is 6.87. The highest BCUT2D eigenvalue weighted by molar-refractivity contribution is 7.90. The van der Waals surface area contributed by atoms with E-state index in [0.717, 1.165) is 17.6 Å². The maximum Gasteiger partial charge on any atom is 0.317 e. The molecule has 0 aliphatic rings. The molecule has 7 heteroatoms. The third-order valence-corrected chi connectivity index (χ3v) is 4.50. The standard InChI is InChI=1S/C16H26N2O4S/c1-12-6-8-15(9-7-12)22-10-13(2)17-16(19)18(4)14(3)11-23(5,20)21/h6-9,13-14H,10-11H2,1-5H3,(H,17,19)/t13-,14-/m0/s1. The molecule has 0 fully saturated rings. The largest absolute Gasteiger partial charge is 0.491 e. The number of carbonyl (C=O) groups is 1. The summed E-state index contributed by atoms with van der Waals surface area (Å²) in [5.41, 5.74) is 1.15. The van der Waals surface area contributed by atoms with Crippen LogP contribution in [0.2, 0.25) is 0 Å². The lowest BCUT2D eigenvalue weighted by molar-refractivity contribution is 0.187. The summed E-state index contributed by atoms with van der Waals surface area (Å²) in [5.74, 6) is 0.682. The number of carbonyl (C=O) groups excluding carboxylic acids is 1. The molecule has 0 aliphatic heterocycles. The summed E-state index contributed by atoms with van der Waals surface area (Å²) in [4.78, 5) is 13.5. The molecular weight excluding hydrogens is 316 g/mol. The maximum atomic E-state index is 12.1. The Bertz CT molecular complexity index is 613. The first kappa shape index (κ1) is 19.3. The molecule has 0 aliphatic carbocycles. The zero-order valence-corrected chi connectivity index (χ0v) is 15.2. The minimum absolute atomic E-state index is 0.0643. The number of ether oxygens (including phenoxy) is 1. The van der Waals surface area contributed by atoms with Gasteiger partial charge in [-0.15, -0.1) is 0 Å². The second-order valence-corrected chi connectivity index (χ2v) is 8.21. The molecule has 1 aromatic carbocycles. The van der Waals surface area contributed by atoms with E-state index in [0.29, 0.717) is 6.61 Å². The smallest absolute Gasteiger partial charge is 0.317 e. The van der Waals surface area contributed by atoms with Crippen molar-refractivity contribution in [3.63, 3.8) is 0 Å². The summed E-state index contributed by atoms with van der Waals surface area (Å²) in [7, 11) is -1.54. The first-order valence-electron chi connectivity index (χ1n) is 7.49. The van der Waals surface area contributed by atoms with Crippen molar-refractivity contribution in [2.24, 2.45) is 0 Å². The van der Waals surface area contributed by atoms with Crippen LogP contribution in [0.3, 0.4) is 0 Å². The average Bonchev–Trinajstić information content (AvgIpc) is 2.44. The third-order valence-electron chi connectivity index (χ3n) is 3.42. The number of aryl methyl sites for hydroxylation is 1. The van der Waals surface area contributed by atoms with E-state index in [-0.39, 0.29) is 17.8 Å². The molecule has 1 rings (SSSR count). The molecule has 23 heavy (non-hydrogen) atoms. The topological polar surface area (TPSA) is 75.7 Å². The van der Waals surface area contributed by atoms with Gasteiger partial charge < -0.3 is 15.0 Å². The fourth-order valence-corrected chi connectivity index (χ4v) is 3.06. The van der Waals surface area contributed by atoms with E-state index in [9.17, 15) is 13.2 Å². The second kappa shape index (κ2) is 8.19. The van der Waals surface area contributed by atoms with Crippen molar-refractivity contribution in [3.8, 4) is 5.75 Å². The summed E-state index contributed by atoms with van der Waals surface area (Å²) in [6.07, 6.45) is 1.16. The molecule has 0 aromatic heterocycles. The van der Waals surface area contributed by atoms with Gasteiger partial charge in [0.05, 0.1) is 11.8 Å². The van der Waals surface area contributed by atoms with E-state index in [1.807, 2.05) is 38.1 Å². The van der Waals surface area contributed by atoms with Crippen molar-refractivity contribution < 1.29 is 17.9 Å². The van der Waals surface area contributed by atoms with E-state index in [4.69, 9.17) is 4.74 Å². The Morgan fingerprint density at radius 2 is 1.83 bits per heavy atom. The highest BCUT2D eigenvalue weighted by atomic mass is 32.2. The quantitative estimate of drug-likeness (QED) is 0.820. The van der Waals surface area contributed by atoms with Gasteiger partial charge in [0.1, 0.15) is 22.2 Å². The Labute approximate surface area is 138 Å². The van der Waals surface area contributed by atoms with Gasteiger partial charge in [-0.3, -0.25) is 0 Å². The summed E-state index contributed by atoms with van der Waals surface area (Å²) in [6, 6.07) is 6.76. The molecule has 2 atom stereocenters. The molecule has 0 spiro atoms. The van der Waals surface area contributed by atoms with Crippen molar-refractivity contribution in [1.29, 1.82) is 0 Å². The van der Waals surface area contributed by atoms with Crippen LogP contribution < -0.4 is 10.1 Å². The van der Waals surface area contributed by atoms with Crippen molar-refractivity contribution >= 4 is 15.9 Å². The zero-order chi connectivity index (χ0) is 17.6. The molecule has 0 unspecified atom stereocenters. The number of nitrogens with one attached hydrogen (secondary N) is 1. The highest BCUT2D eigenvalue weighted by Gasteiger charge is 2.20. The molecular formula is C16H26N2O4S. The van der Waals surface area contributed by atoms with Crippen molar-refractivity contribution in [2.75, 3.05) is 25.7 Å². The number of hydrogen-bond donors (Lipinski definition) is 1. The molecule has 6 nitrogen and oxygen atoms in total. The molecule has 1 aromatic rings. The first-order valence-corrected chi connectivity index (χ1v) is 9.55. The van der Waals surface area contributed by atoms with Crippen LogP contribution in [0.25, 0.3) is 0 Å². The number of amides is 2. The molecule has 2 amide bonds. The van der Waals surface area contributed by atoms with E-state index in [1.165, 1.54) is 4.90 Å². The van der Waals surface area contributed by atoms with E-state index >= 15 is 0 Å². The summed E-state index contributed by atoms with van der Waals surface area (Å²) in [5, 5.41) is 2.80. The minimum atomic E-state index is -3.13. The Balaban J connectivity index is 2.44. The van der Waals surface area contributed by atoms with Crippen LogP contribution in [0.1, 0.15) is 19.4 Å². The predicted molar refractivity (Wildman–Crippen MR) is 91.6 cm³/mol. The lowest BCUT2D eigenvalue weighted by Crippen LogP contribution is -2.48. The normalized spacial score (nSPS) is 14.0. The van der Waals surface area contributed by atoms with Crippen LogP contribution in [0.4, 0.5) is 4.79 Å². The van der Waals surface area contributed by atoms with Gasteiger partial charge in [0.2, 0.25) is 0 Å². The number of sulfone groups is 1. The van der Waals surface area contributed by atoms with Gasteiger partial charge in [-0.25, -0.2) is 13.2 Å². The number of hydrogen-bond acceptors (Lipinski definition) is 4. The van der Waals surface area contributed by atoms with Crippen LogP contribution >= 0.6 is 0 Å². The van der Waals surface area contributed by atoms with Gasteiger partial charge in [-0.05, 0) is 32.9 Å². The number of urea groups is 1. The Morgan fingerprint density at radius 1 is 1.26 bits per heavy atom. The summed E-state index contributed by atoms with van der Waals surface area (Å²) in [6.45, 7) is 5.87. The molecule has 1 N–H and O–H groups in total. The van der Waals surface area contributed by atoms with Gasteiger partial charge in [-0.1, -0.05) is 17.7 Å². The fourth-order valence-electron chi connectivity index (χ4n) is 1.96. The second-order valence-electron chi connectivity index (χ2n) is 6.03. The third kappa shape index (κ3) is 7.36. The van der Waals surface area contributed by atoms with Crippen LogP contribution in [0.5, 0.6) is 5.75 Å². The maximum absolute atomic E-state index is 12.1. The summed E-state index contributed by atoms with van der Waals surface area (Å²) >= 11 is 0. The summed E-state index contributed by atoms with van der Waals surface area (Å²) < 4.78 is 28.2. The monoisotopic (exact) mass is 342 g/mol. The van der Waals surface area contributed by atoms with Gasteiger partial charge >= 0.3 is 6.03 Å². The van der Waals surface area contributed by atoms with Gasteiger partial charge in [0.25, 0.3) is 0 Å². The average molecular weight is 342 g/mol. The van der Waals surface area contributed by atoms with Gasteiger partial charge in [0.15, 0.2) is 0 Å². The number of nitrogens with zero attached hydrogens (tertiary/aromatic N) is 1. The van der Waals surface area contributed by atoms with E-state index in [1.54, 1.807) is 14.0 Å². The molecule has 0 saturated heterocycles. The molecule has 0 radical (unpaired) electrons. The Morgan fingerprint density at radius 3 is 2.35 bits per heavy atom. The first-order chi connectivity index (χ1) is 10.6. The van der Waals surface area contributed by atoms with Gasteiger partial charge in [-0.2, -0.15) is 0 Å². The number of rotatable bonds is 7. The van der Waals surface area contributed by atoms with Gasteiger partial charge in [0, 0.05) is 19.3 Å². The van der Waals surface area contributed by atoms with Crippen molar-refractivity contribution in [2.45, 2.75) is 32.9 Å². The molecule has 0 heterocycles. The molecule has 0 bridgehead atoms. The van der Waals surface area contributed by atoms with Crippen LogP contribution in [-0.2, 0) is 9.84 Å². The fraction of sp³-hybridized carbons (Fsp3) is 0.562. The molecule has 130 valence electrons. The van der Waals surface area contributed by atoms with Crippen LogP contribution in [-0.4, -0.2) is 57.1 Å². The van der Waals surface area contributed by atoms with E-state index in [2.05, 4.69) is 5.32 Å². The molecule has 0 saturated carbocycles. The van der Waals surface area contributed by atoms with Crippen molar-refractivity contribution in [3.05, 3.63) is 29.8 Å². The Hall–Kier alpha value is -1.76. The van der Waals surface area contributed by atoms with E-state index < -0.39 is 15.9 Å². The highest BCUT2D eigenvalue weighted by Crippen LogP contribution is 2.11. The number of benzene rings is 1. The predicted octanol–water partition coefficient (Wildman–Crippen LogP) is 1.84.